The molecule has 35 heavy (non-hydrogen) atoms. The van der Waals surface area contributed by atoms with Crippen LogP contribution in [0.2, 0.25) is 0 Å². The number of carbonyl (C=O) groups excluding carboxylic acids is 2. The Morgan fingerprint density at radius 3 is 2.77 bits per heavy atom. The lowest BCUT2D eigenvalue weighted by Crippen LogP contribution is -2.39. The van der Waals surface area contributed by atoms with Crippen molar-refractivity contribution < 1.29 is 29.3 Å². The lowest BCUT2D eigenvalue weighted by Gasteiger charge is -2.32. The zero-order valence-corrected chi connectivity index (χ0v) is 20.3. The lowest BCUT2D eigenvalue weighted by atomic mass is 10.0. The number of hydrogen-bond acceptors (Lipinski definition) is 6. The minimum atomic E-state index is -1.06. The highest BCUT2D eigenvalue weighted by atomic mass is 35.5. The molecule has 2 atom stereocenters. The number of carboxylic acid groups (broad SMARTS) is 1. The molecule has 1 unspecified atom stereocenters. The van der Waals surface area contributed by atoms with Crippen molar-refractivity contribution in [3.05, 3.63) is 59.2 Å². The number of likely N-dealkylation sites (N-methyl/N-ethyl adjacent to an activating group) is 1. The van der Waals surface area contributed by atoms with Gasteiger partial charge in [-0.1, -0.05) is 24.3 Å². The van der Waals surface area contributed by atoms with Crippen LogP contribution in [-0.2, 0) is 27.2 Å². The van der Waals surface area contributed by atoms with Crippen LogP contribution >= 0.6 is 12.4 Å². The molecule has 2 aromatic carbocycles. The maximum absolute atomic E-state index is 13.3. The molecule has 10 heteroatoms. The highest BCUT2D eigenvalue weighted by Gasteiger charge is 2.29. The molecule has 2 aromatic rings. The first kappa shape index (κ1) is 26.5. The van der Waals surface area contributed by atoms with Crippen molar-refractivity contribution in [2.75, 3.05) is 38.6 Å². The van der Waals surface area contributed by atoms with Gasteiger partial charge >= 0.3 is 5.97 Å². The number of halogens is 1. The van der Waals surface area contributed by atoms with Crippen molar-refractivity contribution in [1.29, 1.82) is 0 Å². The van der Waals surface area contributed by atoms with E-state index in [0.717, 1.165) is 28.9 Å². The maximum Gasteiger partial charge on any atom is 0.341 e. The Morgan fingerprint density at radius 1 is 1.26 bits per heavy atom. The van der Waals surface area contributed by atoms with Crippen LogP contribution < -0.4 is 10.1 Å². The standard InChI is InChI=1S/C25H29N3O6.ClH/c1-27(24(31)10-16-5-6-17-12-23(30)26-21(17)9-16)22(14-28-8-7-19(29)13-28)18-3-2-4-20(11-18)34-15-25(32)33;/h2-6,9,11,19,22,29H,7-8,10,12-15H2,1H3,(H,26,30)(H,32,33);1H/t19?,22-;/m1./s1. The fourth-order valence-electron chi connectivity index (χ4n) is 4.48. The second-order valence-corrected chi connectivity index (χ2v) is 8.87. The molecule has 0 spiro atoms. The predicted molar refractivity (Wildman–Crippen MR) is 132 cm³/mol. The molecule has 2 aliphatic heterocycles. The second kappa shape index (κ2) is 11.5. The molecule has 0 bridgehead atoms. The van der Waals surface area contributed by atoms with Gasteiger partial charge in [-0.05, 0) is 41.3 Å². The summed E-state index contributed by atoms with van der Waals surface area (Å²) < 4.78 is 5.34. The number of likely N-dealkylation sites (tertiary alicyclic amines) is 1. The van der Waals surface area contributed by atoms with Crippen LogP contribution in [-0.4, -0.2) is 77.2 Å². The summed E-state index contributed by atoms with van der Waals surface area (Å²) in [4.78, 5) is 39.6. The van der Waals surface area contributed by atoms with E-state index in [-0.39, 0.29) is 42.8 Å². The largest absolute Gasteiger partial charge is 0.482 e. The number of anilines is 1. The maximum atomic E-state index is 13.3. The van der Waals surface area contributed by atoms with Gasteiger partial charge in [0.1, 0.15) is 5.75 Å². The van der Waals surface area contributed by atoms with E-state index in [1.807, 2.05) is 24.3 Å². The smallest absolute Gasteiger partial charge is 0.341 e. The van der Waals surface area contributed by atoms with Crippen LogP contribution in [0.4, 0.5) is 5.69 Å². The number of hydrogen-bond donors (Lipinski definition) is 3. The fraction of sp³-hybridized carbons (Fsp3) is 0.400. The topological polar surface area (TPSA) is 119 Å². The molecule has 0 aliphatic carbocycles. The molecule has 2 amide bonds. The van der Waals surface area contributed by atoms with E-state index in [9.17, 15) is 19.5 Å². The highest BCUT2D eigenvalue weighted by Crippen LogP contribution is 2.28. The van der Waals surface area contributed by atoms with Crippen molar-refractivity contribution >= 4 is 35.9 Å². The molecular formula is C25H30ClN3O6. The third kappa shape index (κ3) is 6.72. The Labute approximate surface area is 210 Å². The Balaban J connectivity index is 0.00000342. The van der Waals surface area contributed by atoms with E-state index in [1.165, 1.54) is 0 Å². The number of nitrogens with zero attached hydrogens (tertiary/aromatic N) is 2. The Morgan fingerprint density at radius 2 is 2.06 bits per heavy atom. The molecule has 2 aliphatic rings. The van der Waals surface area contributed by atoms with Crippen LogP contribution in [0.15, 0.2) is 42.5 Å². The zero-order chi connectivity index (χ0) is 24.2. The molecule has 1 fully saturated rings. The van der Waals surface area contributed by atoms with Crippen LogP contribution in [0, 0.1) is 0 Å². The third-order valence-corrected chi connectivity index (χ3v) is 6.30. The van der Waals surface area contributed by atoms with Gasteiger partial charge in [0.05, 0.1) is 25.0 Å². The molecule has 0 saturated carbocycles. The quantitative estimate of drug-likeness (QED) is 0.478. The first-order valence-corrected chi connectivity index (χ1v) is 11.3. The Hall–Kier alpha value is -3.14. The molecular weight excluding hydrogens is 474 g/mol. The van der Waals surface area contributed by atoms with E-state index < -0.39 is 12.6 Å². The number of aliphatic hydroxyl groups excluding tert-OH is 1. The average Bonchev–Trinajstić information content (AvgIpc) is 3.39. The number of ether oxygens (including phenoxy) is 1. The highest BCUT2D eigenvalue weighted by molar-refractivity contribution is 5.99. The summed E-state index contributed by atoms with van der Waals surface area (Å²) in [6.45, 7) is 1.36. The van der Waals surface area contributed by atoms with E-state index in [1.54, 1.807) is 30.1 Å². The number of β-amino-alcohol motifs (C(OH)–C–C–N with tert-alkyl or cyclic N) is 1. The molecule has 0 radical (unpaired) electrons. The van der Waals surface area contributed by atoms with Crippen LogP contribution in [0.25, 0.3) is 0 Å². The van der Waals surface area contributed by atoms with Gasteiger partial charge in [-0.25, -0.2) is 4.79 Å². The first-order chi connectivity index (χ1) is 16.3. The van der Waals surface area contributed by atoms with Gasteiger partial charge in [0.15, 0.2) is 6.61 Å². The fourth-order valence-corrected chi connectivity index (χ4v) is 4.48. The number of nitrogens with one attached hydrogen (secondary N) is 1. The van der Waals surface area contributed by atoms with Gasteiger partial charge in [0.2, 0.25) is 11.8 Å². The SMILES string of the molecule is CN(C(=O)Cc1ccc2c(c1)NC(=O)C2)[C@H](CN1CCC(O)C1)c1cccc(OCC(=O)O)c1.Cl. The van der Waals surface area contributed by atoms with Crippen molar-refractivity contribution in [3.8, 4) is 5.75 Å². The number of aliphatic hydroxyl groups is 1. The van der Waals surface area contributed by atoms with Gasteiger partial charge in [-0.3, -0.25) is 14.5 Å². The number of fused-ring (bicyclic) bond motifs is 1. The van der Waals surface area contributed by atoms with Gasteiger partial charge in [-0.15, -0.1) is 12.4 Å². The molecule has 3 N–H and O–H groups in total. The Kier molecular flexibility index (Phi) is 8.71. The summed E-state index contributed by atoms with van der Waals surface area (Å²) in [6.07, 6.45) is 0.836. The predicted octanol–water partition coefficient (Wildman–Crippen LogP) is 1.88. The minimum absolute atomic E-state index is 0. The molecule has 1 saturated heterocycles. The summed E-state index contributed by atoms with van der Waals surface area (Å²) in [5.41, 5.74) is 3.31. The van der Waals surface area contributed by atoms with Crippen LogP contribution in [0.5, 0.6) is 5.75 Å². The van der Waals surface area contributed by atoms with E-state index in [0.29, 0.717) is 31.7 Å². The zero-order valence-electron chi connectivity index (χ0n) is 19.5. The number of rotatable bonds is 9. The van der Waals surface area contributed by atoms with Crippen LogP contribution in [0.3, 0.4) is 0 Å². The number of aliphatic carboxylic acids is 1. The van der Waals surface area contributed by atoms with Crippen molar-refractivity contribution in [1.82, 2.24) is 9.80 Å². The van der Waals surface area contributed by atoms with Gasteiger partial charge in [0.25, 0.3) is 0 Å². The summed E-state index contributed by atoms with van der Waals surface area (Å²) in [5, 5.41) is 21.7. The van der Waals surface area contributed by atoms with Crippen molar-refractivity contribution in [2.24, 2.45) is 0 Å². The summed E-state index contributed by atoms with van der Waals surface area (Å²) in [7, 11) is 1.75. The van der Waals surface area contributed by atoms with Crippen LogP contribution in [0.1, 0.15) is 29.2 Å². The number of amides is 2. The molecule has 188 valence electrons. The number of carbonyl (C=O) groups is 3. The number of carboxylic acids is 1. The van der Waals surface area contributed by atoms with Crippen molar-refractivity contribution in [2.45, 2.75) is 31.4 Å². The van der Waals surface area contributed by atoms with E-state index in [2.05, 4.69) is 10.2 Å². The van der Waals surface area contributed by atoms with E-state index >= 15 is 0 Å². The Bertz CT molecular complexity index is 1090. The van der Waals surface area contributed by atoms with Gasteiger partial charge in [0, 0.05) is 32.4 Å². The summed E-state index contributed by atoms with van der Waals surface area (Å²) in [5.74, 6) is -0.785. The average molecular weight is 504 g/mol. The summed E-state index contributed by atoms with van der Waals surface area (Å²) >= 11 is 0. The molecule has 9 nitrogen and oxygen atoms in total. The van der Waals surface area contributed by atoms with Gasteiger partial charge < -0.3 is 25.2 Å². The van der Waals surface area contributed by atoms with Crippen molar-refractivity contribution in [3.63, 3.8) is 0 Å². The monoisotopic (exact) mass is 503 g/mol. The molecule has 2 heterocycles. The normalized spacial score (nSPS) is 17.8. The van der Waals surface area contributed by atoms with E-state index in [4.69, 9.17) is 9.84 Å². The third-order valence-electron chi connectivity index (χ3n) is 6.30. The minimum Gasteiger partial charge on any atom is -0.482 e. The molecule has 0 aromatic heterocycles. The number of benzene rings is 2. The molecule has 4 rings (SSSR count). The van der Waals surface area contributed by atoms with Gasteiger partial charge in [-0.2, -0.15) is 0 Å². The second-order valence-electron chi connectivity index (χ2n) is 8.87. The summed E-state index contributed by atoms with van der Waals surface area (Å²) in [6, 6.07) is 12.4. The lowest BCUT2D eigenvalue weighted by molar-refractivity contribution is -0.139. The first-order valence-electron chi connectivity index (χ1n) is 11.3.